The van der Waals surface area contributed by atoms with Crippen LogP contribution >= 0.6 is 15.9 Å². The van der Waals surface area contributed by atoms with E-state index in [0.717, 1.165) is 24.1 Å². The van der Waals surface area contributed by atoms with Crippen molar-refractivity contribution in [3.05, 3.63) is 15.9 Å². The summed E-state index contributed by atoms with van der Waals surface area (Å²) < 4.78 is 25.5. The molecule has 1 aliphatic carbocycles. The quantitative estimate of drug-likeness (QED) is 0.779. The first-order chi connectivity index (χ1) is 6.57. The van der Waals surface area contributed by atoms with Gasteiger partial charge in [0.15, 0.2) is 9.84 Å². The number of fused-ring (bicyclic) bond motifs is 1. The molecule has 14 heavy (non-hydrogen) atoms. The van der Waals surface area contributed by atoms with Crippen LogP contribution in [0.3, 0.4) is 0 Å². The molecule has 2 aliphatic rings. The summed E-state index contributed by atoms with van der Waals surface area (Å²) in [7, 11) is -2.90. The molecule has 2 heterocycles. The van der Waals surface area contributed by atoms with Crippen molar-refractivity contribution in [2.24, 2.45) is 0 Å². The Kier molecular flexibility index (Phi) is 1.66. The summed E-state index contributed by atoms with van der Waals surface area (Å²) in [5.41, 5.74) is 1.77. The first kappa shape index (κ1) is 8.91. The van der Waals surface area contributed by atoms with E-state index in [4.69, 9.17) is 0 Å². The number of nitrogens with zero attached hydrogens (tertiary/aromatic N) is 2. The average Bonchev–Trinajstić information content (AvgIpc) is 2.80. The van der Waals surface area contributed by atoms with E-state index < -0.39 is 9.84 Å². The molecular weight excluding hydrogens is 268 g/mol. The normalized spacial score (nSPS) is 23.8. The van der Waals surface area contributed by atoms with Crippen LogP contribution in [0.2, 0.25) is 0 Å². The molecule has 6 heteroatoms. The lowest BCUT2D eigenvalue weighted by Crippen LogP contribution is -2.05. The average molecular weight is 277 g/mol. The van der Waals surface area contributed by atoms with Crippen molar-refractivity contribution >= 4 is 25.8 Å². The third-order valence-electron chi connectivity index (χ3n) is 2.68. The van der Waals surface area contributed by atoms with Gasteiger partial charge in [0.2, 0.25) is 0 Å². The van der Waals surface area contributed by atoms with E-state index in [1.165, 1.54) is 0 Å². The molecule has 0 unspecified atom stereocenters. The largest absolute Gasteiger partial charge is 0.264 e. The summed E-state index contributed by atoms with van der Waals surface area (Å²) in [6.45, 7) is 0. The van der Waals surface area contributed by atoms with Gasteiger partial charge in [0.05, 0.1) is 23.2 Å². The van der Waals surface area contributed by atoms with E-state index in [0.29, 0.717) is 10.6 Å². The summed E-state index contributed by atoms with van der Waals surface area (Å²) in [6.07, 6.45) is 2.25. The highest BCUT2D eigenvalue weighted by molar-refractivity contribution is 9.10. The van der Waals surface area contributed by atoms with E-state index in [1.807, 2.05) is 4.68 Å². The molecule has 3 rings (SSSR count). The van der Waals surface area contributed by atoms with Gasteiger partial charge in [0.25, 0.3) is 0 Å². The third kappa shape index (κ3) is 1.24. The van der Waals surface area contributed by atoms with Gasteiger partial charge in [-0.2, -0.15) is 5.10 Å². The molecule has 1 saturated carbocycles. The summed E-state index contributed by atoms with van der Waals surface area (Å²) in [6, 6.07) is 0.448. The molecule has 1 aliphatic heterocycles. The van der Waals surface area contributed by atoms with Crippen LogP contribution in [0.25, 0.3) is 0 Å². The van der Waals surface area contributed by atoms with Crippen LogP contribution in [-0.2, 0) is 21.3 Å². The van der Waals surface area contributed by atoms with Crippen LogP contribution in [0.4, 0.5) is 0 Å². The molecule has 4 nitrogen and oxygen atoms in total. The van der Waals surface area contributed by atoms with Crippen molar-refractivity contribution in [1.29, 1.82) is 0 Å². The SMILES string of the molecule is O=S1(=O)Cc2c(Br)nn(C3CC3)c2C1. The highest BCUT2D eigenvalue weighted by atomic mass is 79.9. The van der Waals surface area contributed by atoms with Gasteiger partial charge >= 0.3 is 0 Å². The van der Waals surface area contributed by atoms with Crippen molar-refractivity contribution < 1.29 is 8.42 Å². The Hall–Kier alpha value is -0.360. The maximum Gasteiger partial charge on any atom is 0.160 e. The monoisotopic (exact) mass is 276 g/mol. The van der Waals surface area contributed by atoms with E-state index in [9.17, 15) is 8.42 Å². The Morgan fingerprint density at radius 2 is 2.07 bits per heavy atom. The zero-order valence-corrected chi connectivity index (χ0v) is 9.81. The van der Waals surface area contributed by atoms with Gasteiger partial charge in [-0.15, -0.1) is 0 Å². The summed E-state index contributed by atoms with van der Waals surface area (Å²) in [5.74, 6) is 0.313. The Morgan fingerprint density at radius 3 is 2.71 bits per heavy atom. The number of hydrogen-bond donors (Lipinski definition) is 0. The predicted molar refractivity (Wildman–Crippen MR) is 54.5 cm³/mol. The minimum absolute atomic E-state index is 0.148. The molecule has 1 fully saturated rings. The van der Waals surface area contributed by atoms with Crippen LogP contribution in [0.5, 0.6) is 0 Å². The molecule has 0 spiro atoms. The molecule has 0 saturated heterocycles. The zero-order chi connectivity index (χ0) is 9.92. The van der Waals surface area contributed by atoms with E-state index in [-0.39, 0.29) is 11.5 Å². The minimum Gasteiger partial charge on any atom is -0.264 e. The van der Waals surface area contributed by atoms with Gasteiger partial charge in [0.1, 0.15) is 4.60 Å². The lowest BCUT2D eigenvalue weighted by Gasteiger charge is -2.00. The van der Waals surface area contributed by atoms with Crippen LogP contribution in [0.1, 0.15) is 30.1 Å². The highest BCUT2D eigenvalue weighted by Gasteiger charge is 2.36. The molecule has 1 aromatic rings. The highest BCUT2D eigenvalue weighted by Crippen LogP contribution is 2.40. The Labute approximate surface area is 90.3 Å². The summed E-state index contributed by atoms with van der Waals surface area (Å²) in [5, 5.41) is 4.33. The van der Waals surface area contributed by atoms with Crippen LogP contribution in [0, 0.1) is 0 Å². The van der Waals surface area contributed by atoms with E-state index in [2.05, 4.69) is 21.0 Å². The molecule has 0 radical (unpaired) electrons. The molecule has 0 aromatic carbocycles. The van der Waals surface area contributed by atoms with Crippen molar-refractivity contribution in [2.45, 2.75) is 30.4 Å². The number of hydrogen-bond acceptors (Lipinski definition) is 3. The third-order valence-corrected chi connectivity index (χ3v) is 4.76. The summed E-state index contributed by atoms with van der Waals surface area (Å²) >= 11 is 3.32. The second kappa shape index (κ2) is 2.61. The first-order valence-electron chi connectivity index (χ1n) is 4.53. The Morgan fingerprint density at radius 1 is 1.36 bits per heavy atom. The van der Waals surface area contributed by atoms with E-state index in [1.54, 1.807) is 0 Å². The molecule has 76 valence electrons. The second-order valence-electron chi connectivity index (χ2n) is 3.92. The molecule has 0 atom stereocenters. The van der Waals surface area contributed by atoms with Crippen molar-refractivity contribution in [3.8, 4) is 0 Å². The van der Waals surface area contributed by atoms with Gasteiger partial charge in [-0.05, 0) is 28.8 Å². The fourth-order valence-corrected chi connectivity index (χ4v) is 4.16. The Bertz CT molecular complexity index is 502. The van der Waals surface area contributed by atoms with Crippen molar-refractivity contribution in [1.82, 2.24) is 9.78 Å². The smallest absolute Gasteiger partial charge is 0.160 e. The minimum atomic E-state index is -2.90. The van der Waals surface area contributed by atoms with Gasteiger partial charge in [-0.3, -0.25) is 4.68 Å². The van der Waals surface area contributed by atoms with Crippen LogP contribution in [0.15, 0.2) is 4.60 Å². The standard InChI is InChI=1S/C8H9BrN2O2S/c9-8-6-3-14(12,13)4-7(6)11(10-8)5-1-2-5/h5H,1-4H2. The van der Waals surface area contributed by atoms with Crippen LogP contribution < -0.4 is 0 Å². The lowest BCUT2D eigenvalue weighted by molar-refractivity contribution is 0.587. The van der Waals surface area contributed by atoms with Gasteiger partial charge in [-0.1, -0.05) is 0 Å². The maximum atomic E-state index is 11.4. The number of halogens is 1. The molecule has 1 aromatic heterocycles. The lowest BCUT2D eigenvalue weighted by atomic mass is 10.3. The Balaban J connectivity index is 2.16. The van der Waals surface area contributed by atoms with Gasteiger partial charge in [-0.25, -0.2) is 8.42 Å². The molecule has 0 bridgehead atoms. The fraction of sp³-hybridized carbons (Fsp3) is 0.625. The van der Waals surface area contributed by atoms with E-state index >= 15 is 0 Å². The molecular formula is C8H9BrN2O2S. The number of sulfone groups is 1. The molecule has 0 N–H and O–H groups in total. The first-order valence-corrected chi connectivity index (χ1v) is 7.14. The van der Waals surface area contributed by atoms with Crippen LogP contribution in [-0.4, -0.2) is 18.2 Å². The van der Waals surface area contributed by atoms with Crippen molar-refractivity contribution in [3.63, 3.8) is 0 Å². The van der Waals surface area contributed by atoms with Gasteiger partial charge < -0.3 is 0 Å². The summed E-state index contributed by atoms with van der Waals surface area (Å²) in [4.78, 5) is 0. The maximum absolute atomic E-state index is 11.4. The number of aromatic nitrogens is 2. The second-order valence-corrected chi connectivity index (χ2v) is 6.74. The predicted octanol–water partition coefficient (Wildman–Crippen LogP) is 1.41. The number of rotatable bonds is 1. The van der Waals surface area contributed by atoms with Crippen molar-refractivity contribution in [2.75, 3.05) is 0 Å². The topological polar surface area (TPSA) is 52.0 Å². The molecule has 0 amide bonds. The van der Waals surface area contributed by atoms with Gasteiger partial charge in [0, 0.05) is 5.56 Å². The zero-order valence-electron chi connectivity index (χ0n) is 7.40. The fourth-order valence-electron chi connectivity index (χ4n) is 1.87.